The SMILES string of the molecule is CC(=O)NCC(=O)NCc1cccc(C#CCN)c1. The number of carbonyl (C=O) groups excluding carboxylic acids is 2. The molecule has 0 bridgehead atoms. The summed E-state index contributed by atoms with van der Waals surface area (Å²) in [7, 11) is 0. The monoisotopic (exact) mass is 259 g/mol. The average molecular weight is 259 g/mol. The Morgan fingerprint density at radius 1 is 1.32 bits per heavy atom. The first kappa shape index (κ1) is 14.7. The fourth-order valence-electron chi connectivity index (χ4n) is 1.38. The second kappa shape index (κ2) is 7.90. The lowest BCUT2D eigenvalue weighted by Crippen LogP contribution is -2.35. The van der Waals surface area contributed by atoms with Gasteiger partial charge in [0.15, 0.2) is 0 Å². The molecule has 0 heterocycles. The highest BCUT2D eigenvalue weighted by Crippen LogP contribution is 2.03. The first-order valence-corrected chi connectivity index (χ1v) is 5.91. The van der Waals surface area contributed by atoms with Gasteiger partial charge < -0.3 is 16.4 Å². The normalized spacial score (nSPS) is 9.16. The smallest absolute Gasteiger partial charge is 0.239 e. The average Bonchev–Trinajstić information content (AvgIpc) is 2.41. The van der Waals surface area contributed by atoms with Gasteiger partial charge in [0, 0.05) is 19.0 Å². The van der Waals surface area contributed by atoms with Crippen molar-refractivity contribution in [2.45, 2.75) is 13.5 Å². The third kappa shape index (κ3) is 6.24. The van der Waals surface area contributed by atoms with Gasteiger partial charge in [-0.2, -0.15) is 0 Å². The van der Waals surface area contributed by atoms with Crippen molar-refractivity contribution < 1.29 is 9.59 Å². The zero-order valence-electron chi connectivity index (χ0n) is 10.8. The molecule has 5 nitrogen and oxygen atoms in total. The second-order valence-electron chi connectivity index (χ2n) is 3.89. The predicted octanol–water partition coefficient (Wildman–Crippen LogP) is -0.251. The maximum absolute atomic E-state index is 11.4. The van der Waals surface area contributed by atoms with Crippen molar-refractivity contribution in [3.8, 4) is 11.8 Å². The molecule has 0 radical (unpaired) electrons. The van der Waals surface area contributed by atoms with Crippen LogP contribution in [0.15, 0.2) is 24.3 Å². The largest absolute Gasteiger partial charge is 0.350 e. The van der Waals surface area contributed by atoms with Gasteiger partial charge in [0.2, 0.25) is 11.8 Å². The van der Waals surface area contributed by atoms with Crippen LogP contribution < -0.4 is 16.4 Å². The lowest BCUT2D eigenvalue weighted by atomic mass is 10.1. The van der Waals surface area contributed by atoms with E-state index < -0.39 is 0 Å². The number of nitrogens with two attached hydrogens (primary N) is 1. The van der Waals surface area contributed by atoms with Crippen LogP contribution >= 0.6 is 0 Å². The summed E-state index contributed by atoms with van der Waals surface area (Å²) in [6.45, 7) is 2.07. The number of nitrogens with one attached hydrogen (secondary N) is 2. The lowest BCUT2D eigenvalue weighted by Gasteiger charge is -2.06. The van der Waals surface area contributed by atoms with Gasteiger partial charge in [0.25, 0.3) is 0 Å². The van der Waals surface area contributed by atoms with E-state index in [4.69, 9.17) is 5.73 Å². The van der Waals surface area contributed by atoms with Crippen LogP contribution in [0.25, 0.3) is 0 Å². The molecule has 0 fully saturated rings. The van der Waals surface area contributed by atoms with Crippen molar-refractivity contribution in [2.75, 3.05) is 13.1 Å². The minimum atomic E-state index is -0.228. The molecule has 0 saturated carbocycles. The van der Waals surface area contributed by atoms with E-state index >= 15 is 0 Å². The van der Waals surface area contributed by atoms with Crippen LogP contribution in [0.4, 0.5) is 0 Å². The number of rotatable bonds is 4. The minimum absolute atomic E-state index is 0.0119. The van der Waals surface area contributed by atoms with Crippen molar-refractivity contribution in [3.05, 3.63) is 35.4 Å². The number of hydrogen-bond donors (Lipinski definition) is 3. The molecular formula is C14H17N3O2. The number of hydrogen-bond acceptors (Lipinski definition) is 3. The Balaban J connectivity index is 2.49. The van der Waals surface area contributed by atoms with E-state index in [-0.39, 0.29) is 18.4 Å². The molecule has 1 aromatic carbocycles. The Labute approximate surface area is 112 Å². The van der Waals surface area contributed by atoms with Gasteiger partial charge in [-0.1, -0.05) is 24.0 Å². The van der Waals surface area contributed by atoms with E-state index in [0.717, 1.165) is 11.1 Å². The molecule has 5 heteroatoms. The van der Waals surface area contributed by atoms with Gasteiger partial charge in [-0.3, -0.25) is 9.59 Å². The highest BCUT2D eigenvalue weighted by atomic mass is 16.2. The quantitative estimate of drug-likeness (QED) is 0.652. The van der Waals surface area contributed by atoms with E-state index in [1.54, 1.807) is 0 Å². The van der Waals surface area contributed by atoms with Gasteiger partial charge in [-0.25, -0.2) is 0 Å². The van der Waals surface area contributed by atoms with Gasteiger partial charge in [0.1, 0.15) is 0 Å². The first-order valence-electron chi connectivity index (χ1n) is 5.91. The van der Waals surface area contributed by atoms with E-state index in [1.807, 2.05) is 24.3 Å². The summed E-state index contributed by atoms with van der Waals surface area (Å²) in [5.74, 6) is 5.24. The summed E-state index contributed by atoms with van der Waals surface area (Å²) < 4.78 is 0. The summed E-state index contributed by atoms with van der Waals surface area (Å²) >= 11 is 0. The maximum Gasteiger partial charge on any atom is 0.239 e. The summed E-state index contributed by atoms with van der Waals surface area (Å²) in [6, 6.07) is 7.54. The molecule has 0 atom stereocenters. The van der Waals surface area contributed by atoms with Gasteiger partial charge in [0.05, 0.1) is 13.1 Å². The van der Waals surface area contributed by atoms with Crippen LogP contribution in [-0.2, 0) is 16.1 Å². The topological polar surface area (TPSA) is 84.2 Å². The van der Waals surface area contributed by atoms with Crippen LogP contribution in [0.3, 0.4) is 0 Å². The van der Waals surface area contributed by atoms with Crippen molar-refractivity contribution in [3.63, 3.8) is 0 Å². The van der Waals surface area contributed by atoms with Crippen molar-refractivity contribution in [2.24, 2.45) is 5.73 Å². The molecule has 4 N–H and O–H groups in total. The standard InChI is InChI=1S/C14H17N3O2/c1-11(18)16-10-14(19)17-9-13-5-2-4-12(8-13)6-3-7-15/h2,4-5,8H,7,9-10,15H2,1H3,(H,16,18)(H,17,19). The summed E-state index contributed by atoms with van der Waals surface area (Å²) in [6.07, 6.45) is 0. The number of carbonyl (C=O) groups is 2. The number of amides is 2. The molecule has 1 aromatic rings. The Kier molecular flexibility index (Phi) is 6.13. The van der Waals surface area contributed by atoms with Gasteiger partial charge in [-0.15, -0.1) is 0 Å². The zero-order chi connectivity index (χ0) is 14.1. The highest BCUT2D eigenvalue weighted by Gasteiger charge is 2.02. The Hall–Kier alpha value is -2.32. The number of benzene rings is 1. The van der Waals surface area contributed by atoms with E-state index in [2.05, 4.69) is 22.5 Å². The molecule has 0 aromatic heterocycles. The molecule has 0 spiro atoms. The van der Waals surface area contributed by atoms with E-state index in [1.165, 1.54) is 6.92 Å². The van der Waals surface area contributed by atoms with Gasteiger partial charge >= 0.3 is 0 Å². The van der Waals surface area contributed by atoms with Crippen LogP contribution in [-0.4, -0.2) is 24.9 Å². The molecule has 0 aliphatic carbocycles. The molecule has 0 unspecified atom stereocenters. The molecular weight excluding hydrogens is 242 g/mol. The van der Waals surface area contributed by atoms with Crippen molar-refractivity contribution in [1.82, 2.24) is 10.6 Å². The molecule has 1 rings (SSSR count). The van der Waals surface area contributed by atoms with Crippen LogP contribution in [0.5, 0.6) is 0 Å². The first-order chi connectivity index (χ1) is 9.11. The molecule has 0 aliphatic heterocycles. The van der Waals surface area contributed by atoms with Crippen molar-refractivity contribution >= 4 is 11.8 Å². The molecule has 100 valence electrons. The minimum Gasteiger partial charge on any atom is -0.350 e. The fourth-order valence-corrected chi connectivity index (χ4v) is 1.38. The maximum atomic E-state index is 11.4. The highest BCUT2D eigenvalue weighted by molar-refractivity contribution is 5.83. The fraction of sp³-hybridized carbons (Fsp3) is 0.286. The molecule has 2 amide bonds. The lowest BCUT2D eigenvalue weighted by molar-refractivity contribution is -0.125. The predicted molar refractivity (Wildman–Crippen MR) is 72.9 cm³/mol. The third-order valence-corrected chi connectivity index (χ3v) is 2.25. The summed E-state index contributed by atoms with van der Waals surface area (Å²) in [4.78, 5) is 22.1. The second-order valence-corrected chi connectivity index (χ2v) is 3.89. The van der Waals surface area contributed by atoms with E-state index in [0.29, 0.717) is 13.1 Å². The van der Waals surface area contributed by atoms with Crippen LogP contribution in [0.1, 0.15) is 18.1 Å². The Morgan fingerprint density at radius 3 is 2.79 bits per heavy atom. The van der Waals surface area contributed by atoms with Crippen LogP contribution in [0.2, 0.25) is 0 Å². The molecule has 19 heavy (non-hydrogen) atoms. The molecule has 0 aliphatic rings. The summed E-state index contributed by atoms with van der Waals surface area (Å²) in [5.41, 5.74) is 7.11. The van der Waals surface area contributed by atoms with Crippen molar-refractivity contribution in [1.29, 1.82) is 0 Å². The zero-order valence-corrected chi connectivity index (χ0v) is 10.8. The van der Waals surface area contributed by atoms with Gasteiger partial charge in [-0.05, 0) is 17.7 Å². The molecule has 0 saturated heterocycles. The summed E-state index contributed by atoms with van der Waals surface area (Å²) in [5, 5.41) is 5.14. The Morgan fingerprint density at radius 2 is 2.11 bits per heavy atom. The Bertz CT molecular complexity index is 515. The van der Waals surface area contributed by atoms with Crippen LogP contribution in [0, 0.1) is 11.8 Å². The third-order valence-electron chi connectivity index (χ3n) is 2.25. The van der Waals surface area contributed by atoms with E-state index in [9.17, 15) is 9.59 Å².